The number of aromatic nitrogens is 4. The van der Waals surface area contributed by atoms with E-state index in [-0.39, 0.29) is 31.5 Å². The number of imidazole rings is 1. The highest BCUT2D eigenvalue weighted by Crippen LogP contribution is 2.45. The summed E-state index contributed by atoms with van der Waals surface area (Å²) in [4.78, 5) is 37.4. The van der Waals surface area contributed by atoms with E-state index in [1.165, 1.54) is 6.33 Å². The molecule has 13 nitrogen and oxygen atoms in total. The summed E-state index contributed by atoms with van der Waals surface area (Å²) in [5.41, 5.74) is 6.81. The largest absolute Gasteiger partial charge is 0.464 e. The Bertz CT molecular complexity index is 1410. The number of nitrogens with one attached hydrogen (secondary N) is 1. The average Bonchev–Trinajstić information content (AvgIpc) is 3.34. The molecule has 0 saturated carbocycles. The smallest absolute Gasteiger partial charge is 0.338 e. The Morgan fingerprint density at radius 3 is 2.62 bits per heavy atom. The van der Waals surface area contributed by atoms with Crippen LogP contribution < -0.4 is 10.8 Å². The van der Waals surface area contributed by atoms with E-state index in [4.69, 9.17) is 24.5 Å². The van der Waals surface area contributed by atoms with Gasteiger partial charge in [0.25, 0.3) is 7.52 Å². The van der Waals surface area contributed by atoms with Gasteiger partial charge >= 0.3 is 11.9 Å². The highest BCUT2D eigenvalue weighted by Gasteiger charge is 2.38. The van der Waals surface area contributed by atoms with Gasteiger partial charge in [0, 0.05) is 0 Å². The van der Waals surface area contributed by atoms with Crippen LogP contribution in [0.1, 0.15) is 63.9 Å². The second kappa shape index (κ2) is 14.7. The van der Waals surface area contributed by atoms with Crippen LogP contribution in [0.2, 0.25) is 0 Å². The molecule has 14 heteroatoms. The number of nitrogens with two attached hydrogens (primary N) is 1. The zero-order valence-corrected chi connectivity index (χ0v) is 25.9. The Balaban J connectivity index is 1.70. The van der Waals surface area contributed by atoms with E-state index in [1.54, 1.807) is 56.8 Å². The summed E-state index contributed by atoms with van der Waals surface area (Å²) in [6, 6.07) is 6.97. The molecular weight excluding hydrogens is 563 g/mol. The molecule has 0 bridgehead atoms. The van der Waals surface area contributed by atoms with E-state index < -0.39 is 31.1 Å². The lowest BCUT2D eigenvalue weighted by Crippen LogP contribution is -2.47. The maximum atomic E-state index is 14.1. The molecule has 2 atom stereocenters. The fourth-order valence-corrected chi connectivity index (χ4v) is 5.97. The summed E-state index contributed by atoms with van der Waals surface area (Å²) >= 11 is 0. The highest BCUT2D eigenvalue weighted by molar-refractivity contribution is 7.56. The van der Waals surface area contributed by atoms with E-state index in [9.17, 15) is 14.2 Å². The molecule has 0 fully saturated rings. The molecule has 0 aliphatic rings. The lowest BCUT2D eigenvalue weighted by atomic mass is 10.1. The fourth-order valence-electron chi connectivity index (χ4n) is 3.98. The van der Waals surface area contributed by atoms with Crippen LogP contribution in [0.3, 0.4) is 0 Å². The molecule has 3 rings (SSSR count). The number of benzene rings is 1. The van der Waals surface area contributed by atoms with Crippen molar-refractivity contribution in [3.63, 3.8) is 0 Å². The summed E-state index contributed by atoms with van der Waals surface area (Å²) in [5, 5.41) is 2.87. The number of anilines is 1. The molecule has 3 N–H and O–H groups in total. The number of esters is 2. The third-order valence-electron chi connectivity index (χ3n) is 6.01. The number of fused-ring (bicyclic) bond motifs is 1. The summed E-state index contributed by atoms with van der Waals surface area (Å²) in [6.45, 7) is 11.0. The van der Waals surface area contributed by atoms with Crippen molar-refractivity contribution in [1.82, 2.24) is 24.6 Å². The maximum absolute atomic E-state index is 14.1. The first-order chi connectivity index (χ1) is 19.8. The maximum Gasteiger partial charge on any atom is 0.338 e. The molecule has 0 amide bonds. The standard InChI is InChI=1S/C28H41N6O7P/c1-7-12-38-27(36)28(5,6)33-42(37,40-13-11-21-9-8-10-22(14-21)26(35)41-19(2)3)18-39-20(4)15-34-17-32-23-24(29)30-16-31-25(23)34/h8-10,14,16-17,19-20H,7,11-13,15,18H2,1-6H3,(H,33,37)(H2,29,30,31). The van der Waals surface area contributed by atoms with Crippen molar-refractivity contribution in [3.05, 3.63) is 48.0 Å². The predicted molar refractivity (Wildman–Crippen MR) is 158 cm³/mol. The number of carbonyl (C=O) groups excluding carboxylic acids is 2. The first-order valence-electron chi connectivity index (χ1n) is 13.9. The van der Waals surface area contributed by atoms with Gasteiger partial charge in [0.05, 0.1) is 43.9 Å². The number of nitrogen functional groups attached to an aromatic ring is 1. The number of carbonyl (C=O) groups is 2. The third-order valence-corrected chi connectivity index (χ3v) is 7.99. The Morgan fingerprint density at radius 1 is 1.14 bits per heavy atom. The van der Waals surface area contributed by atoms with E-state index in [2.05, 4.69) is 20.0 Å². The summed E-state index contributed by atoms with van der Waals surface area (Å²) in [6.07, 6.45) is 2.96. The highest BCUT2D eigenvalue weighted by atomic mass is 31.2. The molecule has 0 spiro atoms. The monoisotopic (exact) mass is 604 g/mol. The average molecular weight is 605 g/mol. The van der Waals surface area contributed by atoms with Gasteiger partial charge in [0.1, 0.15) is 23.7 Å². The summed E-state index contributed by atoms with van der Waals surface area (Å²) in [5.74, 6) is -0.705. The fraction of sp³-hybridized carbons (Fsp3) is 0.536. The zero-order chi connectivity index (χ0) is 30.9. The topological polar surface area (TPSA) is 170 Å². The first kappa shape index (κ1) is 33.1. The molecule has 0 radical (unpaired) electrons. The van der Waals surface area contributed by atoms with Crippen molar-refractivity contribution in [2.45, 2.75) is 78.7 Å². The lowest BCUT2D eigenvalue weighted by molar-refractivity contribution is -0.149. The van der Waals surface area contributed by atoms with Gasteiger partial charge in [0.15, 0.2) is 11.5 Å². The van der Waals surface area contributed by atoms with Gasteiger partial charge in [-0.15, -0.1) is 0 Å². The Labute approximate surface area is 246 Å². The molecule has 0 aliphatic carbocycles. The van der Waals surface area contributed by atoms with Crippen LogP contribution in [-0.4, -0.2) is 68.8 Å². The van der Waals surface area contributed by atoms with Crippen LogP contribution in [0.15, 0.2) is 36.9 Å². The molecule has 42 heavy (non-hydrogen) atoms. The molecule has 2 unspecified atom stereocenters. The quantitative estimate of drug-likeness (QED) is 0.177. The summed E-state index contributed by atoms with van der Waals surface area (Å²) in [7, 11) is -3.75. The molecule has 3 aromatic rings. The van der Waals surface area contributed by atoms with E-state index in [1.807, 2.05) is 19.9 Å². The van der Waals surface area contributed by atoms with E-state index in [0.717, 1.165) is 5.56 Å². The van der Waals surface area contributed by atoms with E-state index in [0.29, 0.717) is 36.1 Å². The number of hydrogen-bond acceptors (Lipinski definition) is 11. The molecule has 1 aromatic carbocycles. The first-order valence-corrected chi connectivity index (χ1v) is 15.7. The number of rotatable bonds is 16. The summed E-state index contributed by atoms with van der Waals surface area (Å²) < 4.78 is 38.3. The van der Waals surface area contributed by atoms with Crippen molar-refractivity contribution in [2.24, 2.45) is 0 Å². The van der Waals surface area contributed by atoms with Crippen LogP contribution in [0.25, 0.3) is 11.2 Å². The molecule has 0 aliphatic heterocycles. The molecule has 2 aromatic heterocycles. The third kappa shape index (κ3) is 9.32. The van der Waals surface area contributed by atoms with Crippen LogP contribution in [0, 0.1) is 0 Å². The van der Waals surface area contributed by atoms with Crippen LogP contribution in [-0.2, 0) is 41.1 Å². The van der Waals surface area contributed by atoms with Gasteiger partial charge in [-0.25, -0.2) is 24.8 Å². The van der Waals surface area contributed by atoms with Crippen molar-refractivity contribution in [3.8, 4) is 0 Å². The lowest BCUT2D eigenvalue weighted by Gasteiger charge is -2.30. The van der Waals surface area contributed by atoms with Gasteiger partial charge in [-0.1, -0.05) is 19.1 Å². The Hall–Kier alpha value is -3.38. The molecule has 230 valence electrons. The van der Waals surface area contributed by atoms with E-state index >= 15 is 0 Å². The number of nitrogens with zero attached hydrogens (tertiary/aromatic N) is 4. The van der Waals surface area contributed by atoms with Crippen LogP contribution >= 0.6 is 7.52 Å². The van der Waals surface area contributed by atoms with Gasteiger partial charge < -0.3 is 29.0 Å². The minimum atomic E-state index is -3.75. The van der Waals surface area contributed by atoms with Gasteiger partial charge in [-0.3, -0.25) is 9.36 Å². The Morgan fingerprint density at radius 2 is 1.90 bits per heavy atom. The van der Waals surface area contributed by atoms with Crippen molar-refractivity contribution >= 4 is 36.4 Å². The minimum absolute atomic E-state index is 0.0349. The SMILES string of the molecule is CCCOC(=O)C(C)(C)NP(=O)(COC(C)Cn1cnc2c(N)ncnc21)OCCc1cccc(C(=O)OC(C)C)c1. The Kier molecular flexibility index (Phi) is 11.6. The van der Waals surface area contributed by atoms with Gasteiger partial charge in [-0.2, -0.15) is 0 Å². The van der Waals surface area contributed by atoms with Gasteiger partial charge in [0.2, 0.25) is 0 Å². The second-order valence-electron chi connectivity index (χ2n) is 10.7. The minimum Gasteiger partial charge on any atom is -0.464 e. The number of hydrogen-bond donors (Lipinski definition) is 2. The van der Waals surface area contributed by atoms with Crippen molar-refractivity contribution < 1.29 is 32.9 Å². The normalized spacial score (nSPS) is 14.1. The second-order valence-corrected chi connectivity index (χ2v) is 12.8. The number of ether oxygens (including phenoxy) is 3. The molecule has 0 saturated heterocycles. The van der Waals surface area contributed by atoms with Gasteiger partial charge in [-0.05, 0) is 65.2 Å². The zero-order valence-electron chi connectivity index (χ0n) is 25.0. The molecule has 2 heterocycles. The van der Waals surface area contributed by atoms with Crippen molar-refractivity contribution in [2.75, 3.05) is 25.3 Å². The predicted octanol–water partition coefficient (Wildman–Crippen LogP) is 4.11. The molecular formula is C28H41N6O7P. The van der Waals surface area contributed by atoms with Crippen LogP contribution in [0.5, 0.6) is 0 Å². The van der Waals surface area contributed by atoms with Crippen LogP contribution in [0.4, 0.5) is 5.82 Å². The van der Waals surface area contributed by atoms with Crippen molar-refractivity contribution in [1.29, 1.82) is 0 Å².